The molecule has 0 spiro atoms. The third-order valence-electron chi connectivity index (χ3n) is 5.54. The monoisotopic (exact) mass is 394 g/mol. The highest BCUT2D eigenvalue weighted by molar-refractivity contribution is 5.94. The molecule has 6 heteroatoms. The summed E-state index contributed by atoms with van der Waals surface area (Å²) in [4.78, 5) is 29.4. The van der Waals surface area contributed by atoms with Crippen molar-refractivity contribution >= 4 is 11.8 Å². The van der Waals surface area contributed by atoms with E-state index in [2.05, 4.69) is 0 Å². The molecule has 1 saturated heterocycles. The van der Waals surface area contributed by atoms with Crippen molar-refractivity contribution in [1.29, 1.82) is 0 Å². The van der Waals surface area contributed by atoms with Gasteiger partial charge in [-0.2, -0.15) is 0 Å². The van der Waals surface area contributed by atoms with Gasteiger partial charge in [0.2, 0.25) is 5.91 Å². The number of amides is 2. The van der Waals surface area contributed by atoms with Gasteiger partial charge in [-0.25, -0.2) is 0 Å². The van der Waals surface area contributed by atoms with Crippen LogP contribution >= 0.6 is 0 Å². The van der Waals surface area contributed by atoms with Crippen LogP contribution in [-0.2, 0) is 22.5 Å². The third-order valence-corrected chi connectivity index (χ3v) is 5.54. The molecule has 0 aromatic heterocycles. The highest BCUT2D eigenvalue weighted by Gasteiger charge is 2.23. The molecule has 2 heterocycles. The number of carbonyl (C=O) groups excluding carboxylic acids is 2. The summed E-state index contributed by atoms with van der Waals surface area (Å²) in [6.07, 6.45) is 0.369. The molecule has 2 amide bonds. The topological polar surface area (TPSA) is 59.1 Å². The van der Waals surface area contributed by atoms with Crippen molar-refractivity contribution in [3.05, 3.63) is 64.7 Å². The second kappa shape index (κ2) is 8.66. The molecule has 0 saturated carbocycles. The number of nitrogens with zero attached hydrogens (tertiary/aromatic N) is 2. The quantitative estimate of drug-likeness (QED) is 0.802. The second-order valence-corrected chi connectivity index (χ2v) is 7.49. The molecule has 1 fully saturated rings. The van der Waals surface area contributed by atoms with Crippen molar-refractivity contribution in [2.45, 2.75) is 19.9 Å². The van der Waals surface area contributed by atoms with Crippen LogP contribution in [0.1, 0.15) is 27.0 Å². The molecule has 0 radical (unpaired) electrons. The number of rotatable bonds is 3. The Morgan fingerprint density at radius 1 is 0.966 bits per heavy atom. The first kappa shape index (κ1) is 19.5. The van der Waals surface area contributed by atoms with Crippen molar-refractivity contribution in [3.63, 3.8) is 0 Å². The predicted octanol–water partition coefficient (Wildman–Crippen LogP) is 2.43. The van der Waals surface area contributed by atoms with Crippen molar-refractivity contribution in [2.24, 2.45) is 0 Å². The van der Waals surface area contributed by atoms with Gasteiger partial charge in [-0.15, -0.1) is 0 Å². The maximum absolute atomic E-state index is 12.9. The molecule has 6 nitrogen and oxygen atoms in total. The maximum atomic E-state index is 12.9. The summed E-state index contributed by atoms with van der Waals surface area (Å²) < 4.78 is 11.2. The minimum absolute atomic E-state index is 0.00173. The molecule has 0 bridgehead atoms. The first-order valence-corrected chi connectivity index (χ1v) is 10.1. The number of hydrogen-bond donors (Lipinski definition) is 0. The highest BCUT2D eigenvalue weighted by atomic mass is 16.5. The Balaban J connectivity index is 1.50. The zero-order chi connectivity index (χ0) is 20.2. The zero-order valence-electron chi connectivity index (χ0n) is 16.7. The Morgan fingerprint density at radius 2 is 1.72 bits per heavy atom. The van der Waals surface area contributed by atoms with Gasteiger partial charge < -0.3 is 19.3 Å². The highest BCUT2D eigenvalue weighted by Crippen LogP contribution is 2.26. The molecule has 2 aromatic carbocycles. The summed E-state index contributed by atoms with van der Waals surface area (Å²) in [6, 6.07) is 13.5. The number of hydrogen-bond acceptors (Lipinski definition) is 4. The average molecular weight is 394 g/mol. The van der Waals surface area contributed by atoms with E-state index in [4.69, 9.17) is 9.47 Å². The van der Waals surface area contributed by atoms with E-state index in [-0.39, 0.29) is 11.8 Å². The second-order valence-electron chi connectivity index (χ2n) is 7.49. The van der Waals surface area contributed by atoms with Gasteiger partial charge in [0.25, 0.3) is 5.91 Å². The standard InChI is InChI=1S/C23H26N2O4/c1-17-4-2-3-5-18(17)15-22(26)25-10-13-29-21-7-6-19(14-20(21)16-25)23(27)24-8-11-28-12-9-24/h2-7,14H,8-13,15-16H2,1H3. The molecular weight excluding hydrogens is 368 g/mol. The summed E-state index contributed by atoms with van der Waals surface area (Å²) in [5.41, 5.74) is 3.66. The van der Waals surface area contributed by atoms with Crippen LogP contribution in [0.2, 0.25) is 0 Å². The molecule has 29 heavy (non-hydrogen) atoms. The number of ether oxygens (including phenoxy) is 2. The van der Waals surface area contributed by atoms with Crippen LogP contribution in [0.3, 0.4) is 0 Å². The van der Waals surface area contributed by atoms with Gasteiger partial charge in [-0.3, -0.25) is 9.59 Å². The van der Waals surface area contributed by atoms with Crippen LogP contribution in [0, 0.1) is 6.92 Å². The smallest absolute Gasteiger partial charge is 0.254 e. The molecule has 2 aliphatic rings. The van der Waals surface area contributed by atoms with E-state index < -0.39 is 0 Å². The molecule has 0 atom stereocenters. The van der Waals surface area contributed by atoms with Gasteiger partial charge in [0, 0.05) is 30.8 Å². The van der Waals surface area contributed by atoms with E-state index in [9.17, 15) is 9.59 Å². The van der Waals surface area contributed by atoms with Crippen molar-refractivity contribution in [3.8, 4) is 5.75 Å². The Kier molecular flexibility index (Phi) is 5.81. The number of fused-ring (bicyclic) bond motifs is 1. The van der Waals surface area contributed by atoms with E-state index in [1.165, 1.54) is 0 Å². The fourth-order valence-corrected chi connectivity index (χ4v) is 3.77. The molecule has 2 aromatic rings. The molecular formula is C23H26N2O4. The van der Waals surface area contributed by atoms with Crippen molar-refractivity contribution in [1.82, 2.24) is 9.80 Å². The molecule has 0 N–H and O–H groups in total. The van der Waals surface area contributed by atoms with Crippen LogP contribution in [0.5, 0.6) is 5.75 Å². The number of morpholine rings is 1. The maximum Gasteiger partial charge on any atom is 0.254 e. The fraction of sp³-hybridized carbons (Fsp3) is 0.391. The number of benzene rings is 2. The molecule has 0 unspecified atom stereocenters. The minimum atomic E-state index is -0.00173. The van der Waals surface area contributed by atoms with Crippen LogP contribution in [0.25, 0.3) is 0 Å². The molecule has 2 aliphatic heterocycles. The summed E-state index contributed by atoms with van der Waals surface area (Å²) >= 11 is 0. The Bertz CT molecular complexity index is 906. The van der Waals surface area contributed by atoms with Gasteiger partial charge in [-0.05, 0) is 36.2 Å². The summed E-state index contributed by atoms with van der Waals surface area (Å²) in [7, 11) is 0. The number of carbonyl (C=O) groups is 2. The van der Waals surface area contributed by atoms with E-state index in [0.717, 1.165) is 22.4 Å². The predicted molar refractivity (Wildman–Crippen MR) is 109 cm³/mol. The van der Waals surface area contributed by atoms with Crippen LogP contribution < -0.4 is 4.74 Å². The van der Waals surface area contributed by atoms with Crippen LogP contribution in [0.15, 0.2) is 42.5 Å². The lowest BCUT2D eigenvalue weighted by Crippen LogP contribution is -2.40. The van der Waals surface area contributed by atoms with E-state index >= 15 is 0 Å². The Labute approximate surface area is 171 Å². The van der Waals surface area contributed by atoms with Gasteiger partial charge in [-0.1, -0.05) is 24.3 Å². The van der Waals surface area contributed by atoms with E-state index in [0.29, 0.717) is 58.0 Å². The van der Waals surface area contributed by atoms with Gasteiger partial charge in [0.1, 0.15) is 12.4 Å². The summed E-state index contributed by atoms with van der Waals surface area (Å²) in [5.74, 6) is 0.813. The molecule has 4 rings (SSSR count). The average Bonchev–Trinajstić information content (AvgIpc) is 2.97. The summed E-state index contributed by atoms with van der Waals surface area (Å²) in [6.45, 7) is 5.80. The normalized spacial score (nSPS) is 16.6. The third kappa shape index (κ3) is 4.43. The minimum Gasteiger partial charge on any atom is -0.491 e. The lowest BCUT2D eigenvalue weighted by atomic mass is 10.0. The number of aryl methyl sites for hydroxylation is 1. The fourth-order valence-electron chi connectivity index (χ4n) is 3.77. The van der Waals surface area contributed by atoms with Gasteiger partial charge in [0.05, 0.1) is 26.2 Å². The van der Waals surface area contributed by atoms with Crippen molar-refractivity contribution < 1.29 is 19.1 Å². The first-order valence-electron chi connectivity index (χ1n) is 10.1. The van der Waals surface area contributed by atoms with E-state index in [1.54, 1.807) is 6.07 Å². The SMILES string of the molecule is Cc1ccccc1CC(=O)N1CCOc2ccc(C(=O)N3CCOCC3)cc2C1. The van der Waals surface area contributed by atoms with Gasteiger partial charge >= 0.3 is 0 Å². The zero-order valence-corrected chi connectivity index (χ0v) is 16.7. The van der Waals surface area contributed by atoms with E-state index in [1.807, 2.05) is 53.1 Å². The van der Waals surface area contributed by atoms with Gasteiger partial charge in [0.15, 0.2) is 0 Å². The Morgan fingerprint density at radius 3 is 2.52 bits per heavy atom. The lowest BCUT2D eigenvalue weighted by Gasteiger charge is -2.27. The molecule has 0 aliphatic carbocycles. The van der Waals surface area contributed by atoms with Crippen LogP contribution in [-0.4, -0.2) is 61.1 Å². The Hall–Kier alpha value is -2.86. The summed E-state index contributed by atoms with van der Waals surface area (Å²) in [5, 5.41) is 0. The molecule has 152 valence electrons. The first-order chi connectivity index (χ1) is 14.1. The van der Waals surface area contributed by atoms with Crippen LogP contribution in [0.4, 0.5) is 0 Å². The largest absolute Gasteiger partial charge is 0.491 e. The lowest BCUT2D eigenvalue weighted by molar-refractivity contribution is -0.131. The van der Waals surface area contributed by atoms with Crippen molar-refractivity contribution in [2.75, 3.05) is 39.5 Å².